The molecule has 1 saturated heterocycles. The van der Waals surface area contributed by atoms with Gasteiger partial charge in [0.2, 0.25) is 0 Å². The number of rotatable bonds is 3. The fraction of sp³-hybridized carbons (Fsp3) is 0.458. The number of nitrogens with zero attached hydrogens (tertiary/aromatic N) is 3. The zero-order valence-corrected chi connectivity index (χ0v) is 17.4. The van der Waals surface area contributed by atoms with E-state index in [-0.39, 0.29) is 11.2 Å². The predicted octanol–water partition coefficient (Wildman–Crippen LogP) is 4.50. The molecule has 0 amide bonds. The number of carbonyl (C=O) groups is 1. The Labute approximate surface area is 172 Å². The van der Waals surface area contributed by atoms with E-state index in [1.807, 2.05) is 12.1 Å². The average Bonchev–Trinajstić information content (AvgIpc) is 2.72. The van der Waals surface area contributed by atoms with Crippen molar-refractivity contribution < 1.29 is 9.53 Å². The molecule has 0 radical (unpaired) electrons. The monoisotopic (exact) mass is 389 g/mol. The molecule has 1 aromatic heterocycles. The van der Waals surface area contributed by atoms with Crippen LogP contribution in [-0.2, 0) is 6.42 Å². The Hall–Kier alpha value is -2.87. The zero-order valence-electron chi connectivity index (χ0n) is 17.4. The van der Waals surface area contributed by atoms with Crippen molar-refractivity contribution in [1.29, 1.82) is 5.26 Å². The van der Waals surface area contributed by atoms with Gasteiger partial charge in [-0.05, 0) is 54.4 Å². The van der Waals surface area contributed by atoms with Crippen LogP contribution in [-0.4, -0.2) is 31.0 Å². The number of Topliss-reactive ketones (excluding diaryl/α,β-unsaturated/α-hetero) is 1. The van der Waals surface area contributed by atoms with Crippen LogP contribution < -0.4 is 9.64 Å². The van der Waals surface area contributed by atoms with Crippen molar-refractivity contribution in [3.05, 3.63) is 52.7 Å². The number of pyridine rings is 1. The summed E-state index contributed by atoms with van der Waals surface area (Å²) in [7, 11) is 1.68. The quantitative estimate of drug-likeness (QED) is 0.773. The lowest BCUT2D eigenvalue weighted by molar-refractivity contribution is 0.0910. The molecule has 0 unspecified atom stereocenters. The molecular formula is C24H27N3O2. The van der Waals surface area contributed by atoms with Crippen molar-refractivity contribution in [2.75, 3.05) is 25.1 Å². The van der Waals surface area contributed by atoms with Crippen LogP contribution in [0.3, 0.4) is 0 Å². The van der Waals surface area contributed by atoms with Crippen LogP contribution in [0.4, 0.5) is 5.82 Å². The topological polar surface area (TPSA) is 66.2 Å². The van der Waals surface area contributed by atoms with Crippen molar-refractivity contribution in [1.82, 2.24) is 4.98 Å². The number of carbonyl (C=O) groups excluding carboxylic acids is 1. The average molecular weight is 389 g/mol. The van der Waals surface area contributed by atoms with Gasteiger partial charge in [0, 0.05) is 25.1 Å². The Morgan fingerprint density at radius 3 is 2.48 bits per heavy atom. The first-order chi connectivity index (χ1) is 13.9. The van der Waals surface area contributed by atoms with Gasteiger partial charge < -0.3 is 9.64 Å². The number of nitriles is 1. The Morgan fingerprint density at radius 2 is 1.86 bits per heavy atom. The number of aromatic nitrogens is 1. The third-order valence-corrected chi connectivity index (χ3v) is 6.17. The van der Waals surface area contributed by atoms with Crippen LogP contribution >= 0.6 is 0 Å². The molecule has 2 heterocycles. The van der Waals surface area contributed by atoms with E-state index in [9.17, 15) is 10.1 Å². The van der Waals surface area contributed by atoms with Crippen LogP contribution in [0.15, 0.2) is 30.3 Å². The lowest BCUT2D eigenvalue weighted by Crippen LogP contribution is -2.35. The highest BCUT2D eigenvalue weighted by atomic mass is 16.5. The van der Waals surface area contributed by atoms with Crippen LogP contribution in [0.5, 0.6) is 5.75 Å². The number of hydrogen-bond donors (Lipinski definition) is 0. The van der Waals surface area contributed by atoms with E-state index in [1.54, 1.807) is 13.2 Å². The van der Waals surface area contributed by atoms with Crippen LogP contribution in [0.2, 0.25) is 0 Å². The molecule has 150 valence electrons. The van der Waals surface area contributed by atoms with E-state index in [2.05, 4.69) is 36.9 Å². The molecule has 1 fully saturated rings. The zero-order chi connectivity index (χ0) is 20.6. The normalized spacial score (nSPS) is 18.8. The fourth-order valence-electron chi connectivity index (χ4n) is 4.59. The molecular weight excluding hydrogens is 362 g/mol. The van der Waals surface area contributed by atoms with Gasteiger partial charge in [-0.2, -0.15) is 5.26 Å². The second-order valence-electron chi connectivity index (χ2n) is 8.94. The summed E-state index contributed by atoms with van der Waals surface area (Å²) in [6.07, 6.45) is 3.31. The van der Waals surface area contributed by atoms with Gasteiger partial charge in [-0.3, -0.25) is 4.79 Å². The van der Waals surface area contributed by atoms with Gasteiger partial charge in [-0.15, -0.1) is 0 Å². The maximum Gasteiger partial charge on any atom is 0.165 e. The van der Waals surface area contributed by atoms with Crippen molar-refractivity contribution in [3.63, 3.8) is 0 Å². The van der Waals surface area contributed by atoms with E-state index < -0.39 is 0 Å². The largest absolute Gasteiger partial charge is 0.497 e. The van der Waals surface area contributed by atoms with Crippen LogP contribution in [0.1, 0.15) is 66.2 Å². The summed E-state index contributed by atoms with van der Waals surface area (Å²) in [6.45, 7) is 5.92. The second kappa shape index (κ2) is 7.51. The smallest absolute Gasteiger partial charge is 0.165 e. The highest BCUT2D eigenvalue weighted by molar-refractivity contribution is 5.99. The number of ether oxygens (including phenoxy) is 1. The van der Waals surface area contributed by atoms with Crippen LogP contribution in [0, 0.1) is 16.7 Å². The maximum absolute atomic E-state index is 12.5. The molecule has 0 atom stereocenters. The summed E-state index contributed by atoms with van der Waals surface area (Å²) in [6, 6.07) is 12.4. The standard InChI is InChI=1S/C24H27N3O2/c1-24(2)13-21-20(22(28)14-24)12-18(15-25)23(26-21)27-10-8-17(9-11-27)16-4-6-19(29-3)7-5-16/h4-7,12,17H,8-11,13-14H2,1-3H3. The highest BCUT2D eigenvalue weighted by Crippen LogP contribution is 2.37. The van der Waals surface area contributed by atoms with E-state index in [4.69, 9.17) is 9.72 Å². The number of benzene rings is 1. The molecule has 2 aromatic rings. The molecule has 1 aliphatic heterocycles. The van der Waals surface area contributed by atoms with E-state index in [0.29, 0.717) is 23.5 Å². The molecule has 4 rings (SSSR count). The minimum absolute atomic E-state index is 0.0795. The Morgan fingerprint density at radius 1 is 1.17 bits per heavy atom. The first-order valence-electron chi connectivity index (χ1n) is 10.3. The highest BCUT2D eigenvalue weighted by Gasteiger charge is 2.34. The predicted molar refractivity (Wildman–Crippen MR) is 113 cm³/mol. The number of anilines is 1. The Balaban J connectivity index is 1.55. The van der Waals surface area contributed by atoms with Crippen molar-refractivity contribution in [2.24, 2.45) is 5.41 Å². The fourth-order valence-corrected chi connectivity index (χ4v) is 4.59. The van der Waals surface area contributed by atoms with Crippen molar-refractivity contribution >= 4 is 11.6 Å². The first kappa shape index (κ1) is 19.4. The molecule has 5 heteroatoms. The van der Waals surface area contributed by atoms with Gasteiger partial charge in [0.25, 0.3) is 0 Å². The molecule has 0 spiro atoms. The summed E-state index contributed by atoms with van der Waals surface area (Å²) in [5.74, 6) is 2.22. The summed E-state index contributed by atoms with van der Waals surface area (Å²) in [5, 5.41) is 9.68. The van der Waals surface area contributed by atoms with Gasteiger partial charge in [-0.25, -0.2) is 4.98 Å². The summed E-state index contributed by atoms with van der Waals surface area (Å²) >= 11 is 0. The van der Waals surface area contributed by atoms with Gasteiger partial charge in [0.05, 0.1) is 18.4 Å². The van der Waals surface area contributed by atoms with Gasteiger partial charge in [-0.1, -0.05) is 26.0 Å². The maximum atomic E-state index is 12.5. The van der Waals surface area contributed by atoms with E-state index in [0.717, 1.165) is 49.6 Å². The van der Waals surface area contributed by atoms with Crippen molar-refractivity contribution in [2.45, 2.75) is 45.4 Å². The van der Waals surface area contributed by atoms with Crippen LogP contribution in [0.25, 0.3) is 0 Å². The molecule has 1 aromatic carbocycles. The molecule has 2 aliphatic rings. The molecule has 0 bridgehead atoms. The van der Waals surface area contributed by atoms with Gasteiger partial charge in [0.1, 0.15) is 17.6 Å². The number of methoxy groups -OCH3 is 1. The van der Waals surface area contributed by atoms with Gasteiger partial charge in [0.15, 0.2) is 5.78 Å². The molecule has 5 nitrogen and oxygen atoms in total. The molecule has 1 aliphatic carbocycles. The van der Waals surface area contributed by atoms with Crippen molar-refractivity contribution in [3.8, 4) is 11.8 Å². The Bertz CT molecular complexity index is 965. The summed E-state index contributed by atoms with van der Waals surface area (Å²) in [4.78, 5) is 19.6. The second-order valence-corrected chi connectivity index (χ2v) is 8.94. The number of ketones is 1. The number of hydrogen-bond acceptors (Lipinski definition) is 5. The Kier molecular flexibility index (Phi) is 5.04. The number of piperidine rings is 1. The minimum atomic E-state index is -0.0795. The molecule has 0 saturated carbocycles. The summed E-state index contributed by atoms with van der Waals surface area (Å²) < 4.78 is 5.25. The lowest BCUT2D eigenvalue weighted by atomic mass is 9.75. The number of fused-ring (bicyclic) bond motifs is 1. The third-order valence-electron chi connectivity index (χ3n) is 6.17. The lowest BCUT2D eigenvalue weighted by Gasteiger charge is -2.35. The molecule has 29 heavy (non-hydrogen) atoms. The van der Waals surface area contributed by atoms with E-state index in [1.165, 1.54) is 5.56 Å². The molecule has 0 N–H and O–H groups in total. The van der Waals surface area contributed by atoms with E-state index >= 15 is 0 Å². The SMILES string of the molecule is COc1ccc(C2CCN(c3nc4c(cc3C#N)C(=O)CC(C)(C)C4)CC2)cc1. The minimum Gasteiger partial charge on any atom is -0.497 e. The first-order valence-corrected chi connectivity index (χ1v) is 10.3. The third kappa shape index (κ3) is 3.85. The summed E-state index contributed by atoms with van der Waals surface area (Å²) in [5.41, 5.74) is 3.25. The van der Waals surface area contributed by atoms with Gasteiger partial charge >= 0.3 is 0 Å².